The van der Waals surface area contributed by atoms with Crippen LogP contribution in [0.1, 0.15) is 22.7 Å². The van der Waals surface area contributed by atoms with Crippen LogP contribution in [0.3, 0.4) is 0 Å². The Balaban J connectivity index is 0.00000253. The fraction of sp³-hybridized carbons (Fsp3) is 0.143. The van der Waals surface area contributed by atoms with Crippen molar-refractivity contribution in [3.8, 4) is 11.3 Å². The van der Waals surface area contributed by atoms with Crippen molar-refractivity contribution in [3.05, 3.63) is 102 Å². The van der Waals surface area contributed by atoms with Crippen molar-refractivity contribution in [3.63, 3.8) is 0 Å². The first-order valence-corrected chi connectivity index (χ1v) is 11.2. The van der Waals surface area contributed by atoms with Gasteiger partial charge < -0.3 is 23.0 Å². The van der Waals surface area contributed by atoms with E-state index in [1.54, 1.807) is 6.26 Å². The Morgan fingerprint density at radius 3 is 2.89 bits per heavy atom. The van der Waals surface area contributed by atoms with Crippen molar-refractivity contribution in [2.45, 2.75) is 5.92 Å². The summed E-state index contributed by atoms with van der Waals surface area (Å²) in [4.78, 5) is 9.88. The molecule has 0 saturated heterocycles. The molecule has 1 atom stereocenters. The molecule has 1 aromatic carbocycles. The van der Waals surface area contributed by atoms with Gasteiger partial charge in [-0.1, -0.05) is 58.3 Å². The molecule has 1 unspecified atom stereocenters. The summed E-state index contributed by atoms with van der Waals surface area (Å²) in [5, 5.41) is 2.00. The van der Waals surface area contributed by atoms with Crippen LogP contribution >= 0.6 is 0 Å². The van der Waals surface area contributed by atoms with Gasteiger partial charge in [-0.25, -0.2) is 0 Å². The first-order valence-electron chi connectivity index (χ1n) is 11.2. The maximum atomic E-state index is 5.41. The zero-order valence-electron chi connectivity index (χ0n) is 19.7. The third-order valence-corrected chi connectivity index (χ3v) is 6.27. The Morgan fingerprint density at radius 1 is 1.17 bits per heavy atom. The Morgan fingerprint density at radius 2 is 2.03 bits per heavy atom. The zero-order valence-corrected chi connectivity index (χ0v) is 22.6. The maximum absolute atomic E-state index is 5.41. The molecule has 0 aliphatic carbocycles. The van der Waals surface area contributed by atoms with Crippen molar-refractivity contribution in [2.24, 2.45) is 19.1 Å². The zero-order chi connectivity index (χ0) is 23.1. The van der Waals surface area contributed by atoms with Gasteiger partial charge in [-0.15, -0.1) is 12.1 Å². The molecule has 168 valence electrons. The Kier molecular flexibility index (Phi) is 6.27. The smallest absolute Gasteiger partial charge is 0.505 e. The van der Waals surface area contributed by atoms with Crippen molar-refractivity contribution < 1.29 is 32.9 Å². The predicted molar refractivity (Wildman–Crippen MR) is 131 cm³/mol. The van der Waals surface area contributed by atoms with Crippen molar-refractivity contribution in [1.82, 2.24) is 9.55 Å². The van der Waals surface area contributed by atoms with E-state index in [2.05, 4.69) is 90.2 Å². The number of nitrogens with zero attached hydrogens (tertiary/aromatic N) is 4. The van der Waals surface area contributed by atoms with Crippen LogP contribution in [0, 0.1) is 6.07 Å². The molecule has 0 amide bonds. The van der Waals surface area contributed by atoms with Crippen LogP contribution in [0.5, 0.6) is 0 Å². The Labute approximate surface area is 215 Å². The molecule has 0 aliphatic heterocycles. The number of hydrogen-bond acceptors (Lipinski definition) is 4. The van der Waals surface area contributed by atoms with Gasteiger partial charge in [-0.05, 0) is 23.9 Å². The van der Waals surface area contributed by atoms with Gasteiger partial charge >= 0.3 is 19.5 Å². The summed E-state index contributed by atoms with van der Waals surface area (Å²) in [5.41, 5.74) is 6.28. The number of aliphatic imine (C=N–C) groups is 1. The topological polar surface area (TPSA) is 60.3 Å². The number of furan rings is 2. The summed E-state index contributed by atoms with van der Waals surface area (Å²) < 4.78 is 15.0. The molecule has 6 aromatic rings. The van der Waals surface area contributed by atoms with Crippen molar-refractivity contribution >= 4 is 28.4 Å². The van der Waals surface area contributed by atoms with Gasteiger partial charge in [0.2, 0.25) is 0 Å². The average Bonchev–Trinajstić information content (AvgIpc) is 3.63. The average molecular weight is 513 g/mol. The molecule has 0 fully saturated rings. The van der Waals surface area contributed by atoms with Gasteiger partial charge in [-0.3, -0.25) is 4.98 Å². The molecule has 0 spiro atoms. The Hall–Kier alpha value is -3.70. The molecule has 7 heteroatoms. The molecule has 35 heavy (non-hydrogen) atoms. The molecule has 6 rings (SSSR count). The molecule has 0 bridgehead atoms. The summed E-state index contributed by atoms with van der Waals surface area (Å²) in [6.07, 6.45) is 9.20. The van der Waals surface area contributed by atoms with E-state index in [0.29, 0.717) is 12.3 Å². The maximum Gasteiger partial charge on any atom is 2.00 e. The van der Waals surface area contributed by atoms with E-state index < -0.39 is 0 Å². The van der Waals surface area contributed by atoms with Crippen LogP contribution < -0.4 is 4.57 Å². The molecule has 5 aromatic heterocycles. The summed E-state index contributed by atoms with van der Waals surface area (Å²) in [6, 6.07) is 21.8. The van der Waals surface area contributed by atoms with Crippen LogP contribution in [-0.4, -0.2) is 22.3 Å². The summed E-state index contributed by atoms with van der Waals surface area (Å²) in [7, 11) is 4.13. The summed E-state index contributed by atoms with van der Waals surface area (Å²) in [5.74, 6) is 0.480. The van der Waals surface area contributed by atoms with Gasteiger partial charge in [0.1, 0.15) is 0 Å². The van der Waals surface area contributed by atoms with Crippen LogP contribution in [0.15, 0.2) is 93.3 Å². The number of benzene rings is 1. The van der Waals surface area contributed by atoms with Crippen molar-refractivity contribution in [2.75, 3.05) is 6.54 Å². The van der Waals surface area contributed by atoms with Gasteiger partial charge in [0.25, 0.3) is 0 Å². The second-order valence-electron chi connectivity index (χ2n) is 8.46. The second kappa shape index (κ2) is 9.51. The van der Waals surface area contributed by atoms with E-state index in [4.69, 9.17) is 18.8 Å². The summed E-state index contributed by atoms with van der Waals surface area (Å²) in [6.45, 7) is 0.556. The number of aromatic nitrogens is 3. The number of pyridine rings is 1. The number of fused-ring (bicyclic) bond motifs is 2. The first kappa shape index (κ1) is 23.1. The quantitative estimate of drug-likeness (QED) is 0.134. The van der Waals surface area contributed by atoms with Gasteiger partial charge in [0.05, 0.1) is 20.6 Å². The van der Waals surface area contributed by atoms with Gasteiger partial charge in [-0.2, -0.15) is 0 Å². The minimum atomic E-state index is 0. The van der Waals surface area contributed by atoms with Crippen LogP contribution in [0.4, 0.5) is 0 Å². The minimum Gasteiger partial charge on any atom is -0.505 e. The summed E-state index contributed by atoms with van der Waals surface area (Å²) >= 11 is 0. The molecular weight excluding hydrogens is 490 g/mol. The molecule has 0 N–H and O–H groups in total. The van der Waals surface area contributed by atoms with Crippen LogP contribution in [0.25, 0.3) is 33.5 Å². The van der Waals surface area contributed by atoms with E-state index in [9.17, 15) is 0 Å². The standard InChI is InChI=1S/C28H23N4O2.Zn/c1-31-13-11-22-24(17-32(2)27(22)31)26-10-6-9-25(30-26)23(19-7-4-3-5-8-19)16-29-15-20-18-34-28-21(20)12-14-33-28;/h3-11,13-15,17-18,23H,16H2,1-2H3;/q-1;+2. The van der Waals surface area contributed by atoms with E-state index in [1.807, 2.05) is 12.3 Å². The second-order valence-corrected chi connectivity index (χ2v) is 8.46. The SMILES string of the molecule is Cn1cc(-c2cccc(C(CN=Cc3coc4oc[c-]c34)c3ccccc3)n2)c2[cH-]c[n+](C)c21.[Zn+2]. The first-order chi connectivity index (χ1) is 16.7. The van der Waals surface area contributed by atoms with Crippen LogP contribution in [-0.2, 0) is 33.6 Å². The molecule has 0 saturated carbocycles. The molecule has 5 heterocycles. The number of rotatable bonds is 6. The molecule has 0 aliphatic rings. The fourth-order valence-corrected chi connectivity index (χ4v) is 4.62. The monoisotopic (exact) mass is 511 g/mol. The molecule has 6 nitrogen and oxygen atoms in total. The van der Waals surface area contributed by atoms with Gasteiger partial charge in [0, 0.05) is 42.2 Å². The van der Waals surface area contributed by atoms with Gasteiger partial charge in [0.15, 0.2) is 11.4 Å². The predicted octanol–water partition coefficient (Wildman–Crippen LogP) is 5.17. The largest absolute Gasteiger partial charge is 2.00 e. The number of hydrogen-bond donors (Lipinski definition) is 0. The molecule has 0 radical (unpaired) electrons. The normalized spacial score (nSPS) is 12.5. The van der Waals surface area contributed by atoms with E-state index in [1.165, 1.54) is 22.9 Å². The third-order valence-electron chi connectivity index (χ3n) is 6.27. The van der Waals surface area contributed by atoms with E-state index in [0.717, 1.165) is 27.9 Å². The van der Waals surface area contributed by atoms with Crippen molar-refractivity contribution in [1.29, 1.82) is 0 Å². The fourth-order valence-electron chi connectivity index (χ4n) is 4.62. The number of aryl methyl sites for hydroxylation is 2. The van der Waals surface area contributed by atoms with E-state index in [-0.39, 0.29) is 25.4 Å². The Bertz CT molecular complexity index is 1620. The third kappa shape index (κ3) is 4.17. The van der Waals surface area contributed by atoms with E-state index >= 15 is 0 Å². The molecular formula is C28H23N4O2Zn+. The minimum absolute atomic E-state index is 0. The van der Waals surface area contributed by atoms with Crippen LogP contribution in [0.2, 0.25) is 0 Å².